The molecule has 1 fully saturated rings. The van der Waals surface area contributed by atoms with Crippen LogP contribution < -0.4 is 0 Å². The Hall–Kier alpha value is -1.29. The van der Waals surface area contributed by atoms with Gasteiger partial charge in [-0.3, -0.25) is 4.90 Å². The first-order valence-electron chi connectivity index (χ1n) is 6.23. The van der Waals surface area contributed by atoms with E-state index in [9.17, 15) is 13.6 Å². The second-order valence-electron chi connectivity index (χ2n) is 4.82. The fourth-order valence-corrected chi connectivity index (χ4v) is 2.30. The Morgan fingerprint density at radius 1 is 1.22 bits per heavy atom. The van der Waals surface area contributed by atoms with Crippen LogP contribution >= 0.6 is 0 Å². The van der Waals surface area contributed by atoms with Crippen molar-refractivity contribution in [3.8, 4) is 0 Å². The molecular weight excluding hydrogens is 236 g/mol. The second kappa shape index (κ2) is 5.57. The lowest BCUT2D eigenvalue weighted by Gasteiger charge is -2.32. The van der Waals surface area contributed by atoms with Crippen molar-refractivity contribution >= 4 is 6.29 Å². The van der Waals surface area contributed by atoms with E-state index in [1.54, 1.807) is 23.1 Å². The molecule has 1 saturated heterocycles. The summed E-state index contributed by atoms with van der Waals surface area (Å²) in [5.41, 5.74) is 0.0579. The number of carbonyl (C=O) groups excluding carboxylic acids is 1. The number of aldehydes is 1. The van der Waals surface area contributed by atoms with Crippen LogP contribution in [-0.2, 0) is 10.7 Å². The molecule has 1 heterocycles. The molecule has 0 N–H and O–H groups in total. The molecule has 0 atom stereocenters. The normalized spacial score (nSPS) is 18.8. The fraction of sp³-hybridized carbons (Fsp3) is 0.500. The second-order valence-corrected chi connectivity index (χ2v) is 4.82. The van der Waals surface area contributed by atoms with Crippen molar-refractivity contribution in [2.75, 3.05) is 19.6 Å². The van der Waals surface area contributed by atoms with Gasteiger partial charge in [-0.05, 0) is 25.9 Å². The summed E-state index contributed by atoms with van der Waals surface area (Å²) in [7, 11) is 0. The van der Waals surface area contributed by atoms with E-state index in [1.165, 1.54) is 12.1 Å². The van der Waals surface area contributed by atoms with E-state index in [0.717, 1.165) is 6.29 Å². The van der Waals surface area contributed by atoms with E-state index in [1.807, 2.05) is 0 Å². The van der Waals surface area contributed by atoms with Crippen LogP contribution in [0.25, 0.3) is 0 Å². The number of alkyl halides is 2. The van der Waals surface area contributed by atoms with Gasteiger partial charge in [-0.2, -0.15) is 8.78 Å². The molecule has 1 aromatic rings. The Kier molecular flexibility index (Phi) is 4.07. The lowest BCUT2D eigenvalue weighted by molar-refractivity contribution is -0.112. The molecular formula is C14H17F2NO. The molecule has 1 aliphatic rings. The van der Waals surface area contributed by atoms with Crippen molar-refractivity contribution < 1.29 is 13.6 Å². The molecule has 2 rings (SSSR count). The zero-order valence-corrected chi connectivity index (χ0v) is 10.2. The van der Waals surface area contributed by atoms with Gasteiger partial charge < -0.3 is 4.79 Å². The number of carbonyl (C=O) groups is 1. The van der Waals surface area contributed by atoms with Crippen molar-refractivity contribution in [3.05, 3.63) is 35.9 Å². The van der Waals surface area contributed by atoms with Crippen LogP contribution in [0, 0.1) is 5.92 Å². The minimum absolute atomic E-state index is 0.0478. The molecule has 0 radical (unpaired) electrons. The molecule has 0 amide bonds. The Morgan fingerprint density at radius 3 is 2.39 bits per heavy atom. The van der Waals surface area contributed by atoms with Crippen molar-refractivity contribution in [1.82, 2.24) is 4.90 Å². The zero-order valence-electron chi connectivity index (χ0n) is 10.2. The number of likely N-dealkylation sites (tertiary alicyclic amines) is 1. The average Bonchev–Trinajstić information content (AvgIpc) is 2.40. The summed E-state index contributed by atoms with van der Waals surface area (Å²) in [5.74, 6) is -2.78. The summed E-state index contributed by atoms with van der Waals surface area (Å²) in [6.45, 7) is 0.889. The summed E-state index contributed by atoms with van der Waals surface area (Å²) >= 11 is 0. The Balaban J connectivity index is 1.95. The van der Waals surface area contributed by atoms with Crippen molar-refractivity contribution in [2.24, 2.45) is 5.92 Å². The lowest BCUT2D eigenvalue weighted by Crippen LogP contribution is -2.40. The molecule has 98 valence electrons. The van der Waals surface area contributed by atoms with Crippen molar-refractivity contribution in [3.63, 3.8) is 0 Å². The molecule has 0 unspecified atom stereocenters. The molecule has 0 bridgehead atoms. The standard InChI is InChI=1S/C14H17F2NO/c15-14(16,13-4-2-1-3-5-13)11-17-8-6-12(10-18)7-9-17/h1-5,10,12H,6-9,11H2. The van der Waals surface area contributed by atoms with Gasteiger partial charge >= 0.3 is 0 Å². The SMILES string of the molecule is O=CC1CCN(CC(F)(F)c2ccccc2)CC1. The molecule has 18 heavy (non-hydrogen) atoms. The minimum atomic E-state index is -2.82. The van der Waals surface area contributed by atoms with Gasteiger partial charge in [0.15, 0.2) is 0 Å². The van der Waals surface area contributed by atoms with Crippen LogP contribution in [0.4, 0.5) is 8.78 Å². The number of piperidine rings is 1. The topological polar surface area (TPSA) is 20.3 Å². The minimum Gasteiger partial charge on any atom is -0.303 e. The van der Waals surface area contributed by atoms with Gasteiger partial charge in [0.05, 0.1) is 6.54 Å². The van der Waals surface area contributed by atoms with E-state index in [4.69, 9.17) is 0 Å². The summed E-state index contributed by atoms with van der Waals surface area (Å²) in [6.07, 6.45) is 2.31. The van der Waals surface area contributed by atoms with Crippen LogP contribution in [0.2, 0.25) is 0 Å². The van der Waals surface area contributed by atoms with Crippen LogP contribution in [0.1, 0.15) is 18.4 Å². The van der Waals surface area contributed by atoms with Gasteiger partial charge in [-0.25, -0.2) is 0 Å². The van der Waals surface area contributed by atoms with Gasteiger partial charge in [0.25, 0.3) is 5.92 Å². The third-order valence-electron chi connectivity index (χ3n) is 3.44. The van der Waals surface area contributed by atoms with Crippen LogP contribution in [0.15, 0.2) is 30.3 Å². The van der Waals surface area contributed by atoms with E-state index in [-0.39, 0.29) is 18.0 Å². The van der Waals surface area contributed by atoms with E-state index >= 15 is 0 Å². The monoisotopic (exact) mass is 253 g/mol. The van der Waals surface area contributed by atoms with Crippen molar-refractivity contribution in [1.29, 1.82) is 0 Å². The molecule has 1 aromatic carbocycles. The highest BCUT2D eigenvalue weighted by molar-refractivity contribution is 5.53. The molecule has 0 spiro atoms. The van der Waals surface area contributed by atoms with E-state index in [2.05, 4.69) is 0 Å². The quantitative estimate of drug-likeness (QED) is 0.769. The number of rotatable bonds is 4. The first-order chi connectivity index (χ1) is 8.62. The summed E-state index contributed by atoms with van der Waals surface area (Å²) in [6, 6.07) is 7.90. The number of nitrogens with zero attached hydrogens (tertiary/aromatic N) is 1. The van der Waals surface area contributed by atoms with Crippen molar-refractivity contribution in [2.45, 2.75) is 18.8 Å². The third kappa shape index (κ3) is 3.13. The van der Waals surface area contributed by atoms with Gasteiger partial charge in [0, 0.05) is 11.5 Å². The highest BCUT2D eigenvalue weighted by Crippen LogP contribution is 2.30. The maximum absolute atomic E-state index is 14.0. The van der Waals surface area contributed by atoms with Gasteiger partial charge in [-0.15, -0.1) is 0 Å². The predicted octanol–water partition coefficient (Wildman–Crippen LogP) is 2.69. The predicted molar refractivity (Wildman–Crippen MR) is 65.6 cm³/mol. The highest BCUT2D eigenvalue weighted by Gasteiger charge is 2.34. The van der Waals surface area contributed by atoms with Gasteiger partial charge in [0.1, 0.15) is 6.29 Å². The fourth-order valence-electron chi connectivity index (χ4n) is 2.30. The number of halogens is 2. The van der Waals surface area contributed by atoms with Gasteiger partial charge in [0.2, 0.25) is 0 Å². The lowest BCUT2D eigenvalue weighted by atomic mass is 9.98. The number of benzene rings is 1. The smallest absolute Gasteiger partial charge is 0.285 e. The van der Waals surface area contributed by atoms with Gasteiger partial charge in [-0.1, -0.05) is 30.3 Å². The maximum Gasteiger partial charge on any atom is 0.285 e. The Bertz CT molecular complexity index is 386. The molecule has 0 saturated carbocycles. The first kappa shape index (κ1) is 13.1. The van der Waals surface area contributed by atoms with Crippen LogP contribution in [0.3, 0.4) is 0 Å². The summed E-state index contributed by atoms with van der Waals surface area (Å²) in [5, 5.41) is 0. The van der Waals surface area contributed by atoms with E-state index in [0.29, 0.717) is 25.9 Å². The molecule has 4 heteroatoms. The van der Waals surface area contributed by atoms with E-state index < -0.39 is 5.92 Å². The molecule has 2 nitrogen and oxygen atoms in total. The Labute approximate surface area is 106 Å². The zero-order chi connectivity index (χ0) is 13.0. The van der Waals surface area contributed by atoms with Crippen LogP contribution in [-0.4, -0.2) is 30.8 Å². The Morgan fingerprint density at radius 2 is 1.83 bits per heavy atom. The first-order valence-corrected chi connectivity index (χ1v) is 6.23. The number of hydrogen-bond acceptors (Lipinski definition) is 2. The highest BCUT2D eigenvalue weighted by atomic mass is 19.3. The number of hydrogen-bond donors (Lipinski definition) is 0. The largest absolute Gasteiger partial charge is 0.303 e. The molecule has 1 aliphatic heterocycles. The molecule has 0 aliphatic carbocycles. The van der Waals surface area contributed by atoms with Crippen LogP contribution in [0.5, 0.6) is 0 Å². The third-order valence-corrected chi connectivity index (χ3v) is 3.44. The summed E-state index contributed by atoms with van der Waals surface area (Å²) < 4.78 is 28.0. The summed E-state index contributed by atoms with van der Waals surface area (Å²) in [4.78, 5) is 12.3. The molecule has 0 aromatic heterocycles. The average molecular weight is 253 g/mol. The maximum atomic E-state index is 14.0.